The van der Waals surface area contributed by atoms with E-state index in [4.69, 9.17) is 0 Å². The molecule has 0 bridgehead atoms. The Labute approximate surface area is 90.7 Å². The molecule has 0 fully saturated rings. The SMILES string of the molecule is CC(C)CC(CNC(C)(C)C)C(C)C. The predicted octanol–water partition coefficient (Wildman–Crippen LogP) is 3.69. The Kier molecular flexibility index (Phi) is 5.73. The van der Waals surface area contributed by atoms with Crippen LogP contribution >= 0.6 is 0 Å². The van der Waals surface area contributed by atoms with Crippen molar-refractivity contribution in [2.45, 2.75) is 60.4 Å². The molecular formula is C13H29N. The van der Waals surface area contributed by atoms with Crippen LogP contribution in [0.1, 0.15) is 54.9 Å². The van der Waals surface area contributed by atoms with Gasteiger partial charge in [0, 0.05) is 5.54 Å². The lowest BCUT2D eigenvalue weighted by atomic mass is 9.87. The van der Waals surface area contributed by atoms with Crippen LogP contribution in [0.4, 0.5) is 0 Å². The largest absolute Gasteiger partial charge is 0.312 e. The number of hydrogen-bond donors (Lipinski definition) is 1. The van der Waals surface area contributed by atoms with Gasteiger partial charge in [-0.05, 0) is 51.5 Å². The Balaban J connectivity index is 3.98. The normalized spacial score (nSPS) is 15.2. The first kappa shape index (κ1) is 14.0. The summed E-state index contributed by atoms with van der Waals surface area (Å²) in [6.07, 6.45) is 1.33. The fourth-order valence-electron chi connectivity index (χ4n) is 1.63. The summed E-state index contributed by atoms with van der Waals surface area (Å²) in [5.41, 5.74) is 0.254. The van der Waals surface area contributed by atoms with Gasteiger partial charge in [-0.3, -0.25) is 0 Å². The Hall–Kier alpha value is -0.0400. The van der Waals surface area contributed by atoms with Crippen molar-refractivity contribution in [1.29, 1.82) is 0 Å². The van der Waals surface area contributed by atoms with Crippen LogP contribution in [0.5, 0.6) is 0 Å². The maximum absolute atomic E-state index is 3.61. The maximum atomic E-state index is 3.61. The van der Waals surface area contributed by atoms with Crippen LogP contribution in [0.25, 0.3) is 0 Å². The van der Waals surface area contributed by atoms with Gasteiger partial charge in [-0.15, -0.1) is 0 Å². The first-order valence-corrected chi connectivity index (χ1v) is 5.97. The molecule has 0 aliphatic rings. The topological polar surface area (TPSA) is 12.0 Å². The van der Waals surface area contributed by atoms with Gasteiger partial charge in [-0.2, -0.15) is 0 Å². The van der Waals surface area contributed by atoms with Gasteiger partial charge in [0.15, 0.2) is 0 Å². The van der Waals surface area contributed by atoms with Crippen LogP contribution in [0, 0.1) is 17.8 Å². The van der Waals surface area contributed by atoms with Gasteiger partial charge in [-0.1, -0.05) is 27.7 Å². The highest BCUT2D eigenvalue weighted by Gasteiger charge is 2.17. The van der Waals surface area contributed by atoms with Crippen molar-refractivity contribution < 1.29 is 0 Å². The molecule has 1 atom stereocenters. The smallest absolute Gasteiger partial charge is 0.00966 e. The van der Waals surface area contributed by atoms with Crippen molar-refractivity contribution in [3.8, 4) is 0 Å². The molecule has 0 aliphatic heterocycles. The molecule has 1 N–H and O–H groups in total. The van der Waals surface area contributed by atoms with Crippen molar-refractivity contribution in [2.24, 2.45) is 17.8 Å². The predicted molar refractivity (Wildman–Crippen MR) is 65.5 cm³/mol. The molecular weight excluding hydrogens is 170 g/mol. The molecule has 0 aromatic rings. The molecule has 0 saturated carbocycles. The molecule has 0 rings (SSSR count). The fourth-order valence-corrected chi connectivity index (χ4v) is 1.63. The van der Waals surface area contributed by atoms with E-state index in [2.05, 4.69) is 53.8 Å². The summed E-state index contributed by atoms with van der Waals surface area (Å²) in [6, 6.07) is 0. The van der Waals surface area contributed by atoms with E-state index in [0.717, 1.165) is 24.3 Å². The van der Waals surface area contributed by atoms with E-state index < -0.39 is 0 Å². The molecule has 14 heavy (non-hydrogen) atoms. The van der Waals surface area contributed by atoms with Gasteiger partial charge >= 0.3 is 0 Å². The summed E-state index contributed by atoms with van der Waals surface area (Å²) in [7, 11) is 0. The number of nitrogens with one attached hydrogen (secondary N) is 1. The molecule has 0 aromatic carbocycles. The highest BCUT2D eigenvalue weighted by Crippen LogP contribution is 2.20. The summed E-state index contributed by atoms with van der Waals surface area (Å²) in [5.74, 6) is 2.41. The molecule has 1 nitrogen and oxygen atoms in total. The van der Waals surface area contributed by atoms with E-state index in [-0.39, 0.29) is 5.54 Å². The maximum Gasteiger partial charge on any atom is 0.00966 e. The second kappa shape index (κ2) is 5.75. The average molecular weight is 199 g/mol. The molecule has 0 saturated heterocycles. The molecule has 0 spiro atoms. The molecule has 0 aromatic heterocycles. The molecule has 0 aliphatic carbocycles. The van der Waals surface area contributed by atoms with Gasteiger partial charge in [0.2, 0.25) is 0 Å². The highest BCUT2D eigenvalue weighted by atomic mass is 14.9. The van der Waals surface area contributed by atoms with E-state index in [1.54, 1.807) is 0 Å². The minimum atomic E-state index is 0.254. The Morgan fingerprint density at radius 1 is 1.00 bits per heavy atom. The standard InChI is InChI=1S/C13H29N/c1-10(2)8-12(11(3)4)9-14-13(5,6)7/h10-12,14H,8-9H2,1-7H3. The zero-order valence-corrected chi connectivity index (χ0v) is 11.1. The van der Waals surface area contributed by atoms with Crippen molar-refractivity contribution >= 4 is 0 Å². The third-order valence-electron chi connectivity index (χ3n) is 2.61. The summed E-state index contributed by atoms with van der Waals surface area (Å²) in [5, 5.41) is 3.61. The molecule has 1 heteroatoms. The van der Waals surface area contributed by atoms with Crippen molar-refractivity contribution in [2.75, 3.05) is 6.54 Å². The Morgan fingerprint density at radius 3 is 1.79 bits per heavy atom. The number of hydrogen-bond acceptors (Lipinski definition) is 1. The number of rotatable bonds is 5. The van der Waals surface area contributed by atoms with E-state index in [1.165, 1.54) is 6.42 Å². The van der Waals surface area contributed by atoms with Gasteiger partial charge in [0.05, 0.1) is 0 Å². The second-order valence-corrected chi connectivity index (χ2v) is 6.26. The van der Waals surface area contributed by atoms with Crippen LogP contribution in [0.2, 0.25) is 0 Å². The Morgan fingerprint density at radius 2 is 1.50 bits per heavy atom. The first-order chi connectivity index (χ1) is 6.22. The van der Waals surface area contributed by atoms with Crippen molar-refractivity contribution in [3.63, 3.8) is 0 Å². The van der Waals surface area contributed by atoms with Gasteiger partial charge in [-0.25, -0.2) is 0 Å². The van der Waals surface area contributed by atoms with Gasteiger partial charge < -0.3 is 5.32 Å². The Bertz CT molecular complexity index is 142. The highest BCUT2D eigenvalue weighted by molar-refractivity contribution is 4.75. The molecule has 86 valence electrons. The van der Waals surface area contributed by atoms with E-state index in [1.807, 2.05) is 0 Å². The molecule has 1 unspecified atom stereocenters. The van der Waals surface area contributed by atoms with Crippen LogP contribution in [0.15, 0.2) is 0 Å². The lowest BCUT2D eigenvalue weighted by Gasteiger charge is -2.28. The second-order valence-electron chi connectivity index (χ2n) is 6.26. The summed E-state index contributed by atoms with van der Waals surface area (Å²) < 4.78 is 0. The minimum absolute atomic E-state index is 0.254. The summed E-state index contributed by atoms with van der Waals surface area (Å²) in [6.45, 7) is 17.1. The van der Waals surface area contributed by atoms with Crippen LogP contribution in [0.3, 0.4) is 0 Å². The average Bonchev–Trinajstić information content (AvgIpc) is 1.94. The lowest BCUT2D eigenvalue weighted by molar-refractivity contribution is 0.274. The molecule has 0 radical (unpaired) electrons. The third kappa shape index (κ3) is 7.37. The van der Waals surface area contributed by atoms with E-state index >= 15 is 0 Å². The van der Waals surface area contributed by atoms with Crippen molar-refractivity contribution in [1.82, 2.24) is 5.32 Å². The molecule has 0 amide bonds. The lowest BCUT2D eigenvalue weighted by Crippen LogP contribution is -2.40. The van der Waals surface area contributed by atoms with Gasteiger partial charge in [0.1, 0.15) is 0 Å². The minimum Gasteiger partial charge on any atom is -0.312 e. The third-order valence-corrected chi connectivity index (χ3v) is 2.61. The van der Waals surface area contributed by atoms with E-state index in [0.29, 0.717) is 0 Å². The monoisotopic (exact) mass is 199 g/mol. The quantitative estimate of drug-likeness (QED) is 0.712. The fraction of sp³-hybridized carbons (Fsp3) is 1.00. The van der Waals surface area contributed by atoms with Crippen molar-refractivity contribution in [3.05, 3.63) is 0 Å². The first-order valence-electron chi connectivity index (χ1n) is 5.97. The van der Waals surface area contributed by atoms with Crippen LogP contribution < -0.4 is 5.32 Å². The van der Waals surface area contributed by atoms with E-state index in [9.17, 15) is 0 Å². The summed E-state index contributed by atoms with van der Waals surface area (Å²) in [4.78, 5) is 0. The van der Waals surface area contributed by atoms with Gasteiger partial charge in [0.25, 0.3) is 0 Å². The molecule has 0 heterocycles. The zero-order valence-electron chi connectivity index (χ0n) is 11.1. The van der Waals surface area contributed by atoms with Crippen LogP contribution in [-0.2, 0) is 0 Å². The zero-order chi connectivity index (χ0) is 11.4. The summed E-state index contributed by atoms with van der Waals surface area (Å²) >= 11 is 0. The van der Waals surface area contributed by atoms with Crippen LogP contribution in [-0.4, -0.2) is 12.1 Å².